The number of carbonyl (C=O) groups excluding carboxylic acids is 1. The summed E-state index contributed by atoms with van der Waals surface area (Å²) in [5, 5.41) is 11.7. The van der Waals surface area contributed by atoms with E-state index in [9.17, 15) is 14.0 Å². The summed E-state index contributed by atoms with van der Waals surface area (Å²) in [5.41, 5.74) is 0.804. The predicted octanol–water partition coefficient (Wildman–Crippen LogP) is 3.74. The van der Waals surface area contributed by atoms with Gasteiger partial charge in [0.05, 0.1) is 5.56 Å². The van der Waals surface area contributed by atoms with E-state index in [0.717, 1.165) is 17.7 Å². The Kier molecular flexibility index (Phi) is 4.23. The first-order valence-corrected chi connectivity index (χ1v) is 6.36. The molecule has 0 bridgehead atoms. The summed E-state index contributed by atoms with van der Waals surface area (Å²) >= 11 is 5.84. The van der Waals surface area contributed by atoms with Crippen LogP contribution in [0, 0.1) is 12.7 Å². The molecule has 2 aromatic rings. The molecule has 1 amide bonds. The number of aryl methyl sites for hydroxylation is 1. The number of carboxylic acids is 1. The summed E-state index contributed by atoms with van der Waals surface area (Å²) in [6, 6.07) is 8.25. The number of halogens is 2. The molecule has 21 heavy (non-hydrogen) atoms. The highest BCUT2D eigenvalue weighted by Crippen LogP contribution is 2.19. The number of rotatable bonds is 3. The molecule has 0 saturated heterocycles. The van der Waals surface area contributed by atoms with Crippen LogP contribution in [-0.2, 0) is 0 Å². The first-order valence-electron chi connectivity index (χ1n) is 5.99. The van der Waals surface area contributed by atoms with Crippen molar-refractivity contribution in [1.29, 1.82) is 0 Å². The zero-order chi connectivity index (χ0) is 15.6. The highest BCUT2D eigenvalue weighted by atomic mass is 35.5. The third-order valence-corrected chi connectivity index (χ3v) is 3.14. The van der Waals surface area contributed by atoms with Crippen LogP contribution in [0.1, 0.15) is 26.3 Å². The lowest BCUT2D eigenvalue weighted by Crippen LogP contribution is -2.14. The molecule has 0 aliphatic carbocycles. The van der Waals surface area contributed by atoms with Crippen molar-refractivity contribution in [3.8, 4) is 0 Å². The van der Waals surface area contributed by atoms with E-state index < -0.39 is 23.3 Å². The Hall–Kier alpha value is -2.40. The van der Waals surface area contributed by atoms with Gasteiger partial charge in [-0.05, 0) is 42.8 Å². The quantitative estimate of drug-likeness (QED) is 0.907. The van der Waals surface area contributed by atoms with Crippen molar-refractivity contribution in [2.45, 2.75) is 6.92 Å². The molecule has 0 spiro atoms. The molecule has 0 fully saturated rings. The van der Waals surface area contributed by atoms with Crippen LogP contribution >= 0.6 is 11.6 Å². The summed E-state index contributed by atoms with van der Waals surface area (Å²) in [6.07, 6.45) is 0. The van der Waals surface area contributed by atoms with E-state index in [-0.39, 0.29) is 5.69 Å². The van der Waals surface area contributed by atoms with Gasteiger partial charge >= 0.3 is 5.97 Å². The van der Waals surface area contributed by atoms with Crippen molar-refractivity contribution in [1.82, 2.24) is 0 Å². The van der Waals surface area contributed by atoms with Gasteiger partial charge in [0.15, 0.2) is 0 Å². The van der Waals surface area contributed by atoms with Gasteiger partial charge in [0.1, 0.15) is 5.82 Å². The molecule has 0 aliphatic rings. The average Bonchev–Trinajstić information content (AvgIpc) is 2.41. The number of anilines is 1. The zero-order valence-corrected chi connectivity index (χ0v) is 11.7. The molecule has 0 aliphatic heterocycles. The number of benzene rings is 2. The van der Waals surface area contributed by atoms with Gasteiger partial charge in [0, 0.05) is 16.3 Å². The molecule has 2 N–H and O–H groups in total. The molecule has 6 heteroatoms. The monoisotopic (exact) mass is 307 g/mol. The molecular formula is C15H11ClFNO3. The van der Waals surface area contributed by atoms with Gasteiger partial charge in [-0.25, -0.2) is 9.18 Å². The lowest BCUT2D eigenvalue weighted by atomic mass is 10.1. The summed E-state index contributed by atoms with van der Waals surface area (Å²) in [4.78, 5) is 22.8. The van der Waals surface area contributed by atoms with E-state index in [1.807, 2.05) is 0 Å². The summed E-state index contributed by atoms with van der Waals surface area (Å²) in [6.45, 7) is 1.75. The van der Waals surface area contributed by atoms with Crippen LogP contribution in [0.2, 0.25) is 5.02 Å². The van der Waals surface area contributed by atoms with Gasteiger partial charge in [0.2, 0.25) is 0 Å². The fourth-order valence-electron chi connectivity index (χ4n) is 1.80. The largest absolute Gasteiger partial charge is 0.478 e. The first kappa shape index (κ1) is 15.0. The normalized spacial score (nSPS) is 10.2. The third-order valence-electron chi connectivity index (χ3n) is 2.90. The van der Waals surface area contributed by atoms with Crippen molar-refractivity contribution >= 4 is 29.2 Å². The molecule has 0 heterocycles. The van der Waals surface area contributed by atoms with Crippen LogP contribution in [-0.4, -0.2) is 17.0 Å². The number of aromatic carboxylic acids is 1. The number of amides is 1. The van der Waals surface area contributed by atoms with E-state index in [1.165, 1.54) is 12.1 Å². The van der Waals surface area contributed by atoms with Gasteiger partial charge in [-0.1, -0.05) is 17.7 Å². The van der Waals surface area contributed by atoms with Crippen molar-refractivity contribution in [3.05, 3.63) is 63.9 Å². The summed E-state index contributed by atoms with van der Waals surface area (Å²) in [5.74, 6) is -2.73. The topological polar surface area (TPSA) is 66.4 Å². The Labute approximate surface area is 125 Å². The highest BCUT2D eigenvalue weighted by molar-refractivity contribution is 6.31. The SMILES string of the molecule is Cc1ccc(Cl)cc1C(=O)Nc1ccc(C(=O)O)c(F)c1. The number of carboxylic acid groups (broad SMARTS) is 1. The molecule has 4 nitrogen and oxygen atoms in total. The molecule has 0 unspecified atom stereocenters. The molecule has 2 rings (SSSR count). The number of hydrogen-bond donors (Lipinski definition) is 2. The Morgan fingerprint density at radius 3 is 2.48 bits per heavy atom. The number of hydrogen-bond acceptors (Lipinski definition) is 2. The van der Waals surface area contributed by atoms with Crippen molar-refractivity contribution in [2.24, 2.45) is 0 Å². The second-order valence-corrected chi connectivity index (χ2v) is 4.85. The highest BCUT2D eigenvalue weighted by Gasteiger charge is 2.13. The maximum absolute atomic E-state index is 13.5. The Balaban J connectivity index is 2.26. The van der Waals surface area contributed by atoms with Crippen LogP contribution in [0.15, 0.2) is 36.4 Å². The van der Waals surface area contributed by atoms with Crippen LogP contribution in [0.25, 0.3) is 0 Å². The fourth-order valence-corrected chi connectivity index (χ4v) is 1.98. The van der Waals surface area contributed by atoms with E-state index in [1.54, 1.807) is 19.1 Å². The smallest absolute Gasteiger partial charge is 0.338 e. The van der Waals surface area contributed by atoms with Crippen molar-refractivity contribution < 1.29 is 19.1 Å². The molecule has 0 aromatic heterocycles. The first-order chi connectivity index (χ1) is 9.88. The Morgan fingerprint density at radius 1 is 1.14 bits per heavy atom. The van der Waals surface area contributed by atoms with Crippen molar-refractivity contribution in [3.63, 3.8) is 0 Å². The second kappa shape index (κ2) is 5.93. The zero-order valence-electron chi connectivity index (χ0n) is 11.0. The maximum Gasteiger partial charge on any atom is 0.338 e. The minimum atomic E-state index is -1.36. The molecular weight excluding hydrogens is 297 g/mol. The minimum Gasteiger partial charge on any atom is -0.478 e. The van der Waals surface area contributed by atoms with Crippen LogP contribution in [0.3, 0.4) is 0 Å². The van der Waals surface area contributed by atoms with Crippen LogP contribution in [0.4, 0.5) is 10.1 Å². The van der Waals surface area contributed by atoms with Crippen LogP contribution in [0.5, 0.6) is 0 Å². The maximum atomic E-state index is 13.5. The third kappa shape index (κ3) is 3.38. The Bertz CT molecular complexity index is 731. The Morgan fingerprint density at radius 2 is 1.86 bits per heavy atom. The molecule has 2 aromatic carbocycles. The average molecular weight is 308 g/mol. The van der Waals surface area contributed by atoms with E-state index in [2.05, 4.69) is 5.32 Å². The van der Waals surface area contributed by atoms with Crippen LogP contribution < -0.4 is 5.32 Å². The molecule has 0 atom stereocenters. The lowest BCUT2D eigenvalue weighted by Gasteiger charge is -2.09. The minimum absolute atomic E-state index is 0.168. The molecule has 0 saturated carbocycles. The van der Waals surface area contributed by atoms with E-state index in [0.29, 0.717) is 10.6 Å². The van der Waals surface area contributed by atoms with E-state index in [4.69, 9.17) is 16.7 Å². The van der Waals surface area contributed by atoms with Gasteiger partial charge in [-0.15, -0.1) is 0 Å². The fraction of sp³-hybridized carbons (Fsp3) is 0.0667. The van der Waals surface area contributed by atoms with Gasteiger partial charge in [-0.3, -0.25) is 4.79 Å². The van der Waals surface area contributed by atoms with Gasteiger partial charge in [-0.2, -0.15) is 0 Å². The van der Waals surface area contributed by atoms with Crippen molar-refractivity contribution in [2.75, 3.05) is 5.32 Å². The summed E-state index contributed by atoms with van der Waals surface area (Å²) < 4.78 is 13.5. The number of nitrogens with one attached hydrogen (secondary N) is 1. The second-order valence-electron chi connectivity index (χ2n) is 4.41. The molecule has 108 valence electrons. The van der Waals surface area contributed by atoms with E-state index >= 15 is 0 Å². The van der Waals surface area contributed by atoms with Gasteiger partial charge in [0.25, 0.3) is 5.91 Å². The standard InChI is InChI=1S/C15H11ClFNO3/c1-8-2-3-9(16)6-12(8)14(19)18-10-4-5-11(15(20)21)13(17)7-10/h2-7H,1H3,(H,18,19)(H,20,21). The predicted molar refractivity (Wildman–Crippen MR) is 77.5 cm³/mol. The number of carbonyl (C=O) groups is 2. The molecule has 0 radical (unpaired) electrons. The lowest BCUT2D eigenvalue weighted by molar-refractivity contribution is 0.0692. The summed E-state index contributed by atoms with van der Waals surface area (Å²) in [7, 11) is 0. The van der Waals surface area contributed by atoms with Gasteiger partial charge < -0.3 is 10.4 Å².